The van der Waals surface area contributed by atoms with Gasteiger partial charge in [0, 0.05) is 26.9 Å². The summed E-state index contributed by atoms with van der Waals surface area (Å²) in [4.78, 5) is 24.0. The van der Waals surface area contributed by atoms with E-state index in [2.05, 4.69) is 21.9 Å². The first-order valence-corrected chi connectivity index (χ1v) is 9.68. The van der Waals surface area contributed by atoms with Crippen LogP contribution in [0.1, 0.15) is 44.1 Å². The summed E-state index contributed by atoms with van der Waals surface area (Å²) >= 11 is 1.64. The molecule has 132 valence electrons. The van der Waals surface area contributed by atoms with Crippen LogP contribution in [0.4, 0.5) is 0 Å². The van der Waals surface area contributed by atoms with Crippen molar-refractivity contribution in [1.82, 2.24) is 10.7 Å². The van der Waals surface area contributed by atoms with E-state index >= 15 is 0 Å². The smallest absolute Gasteiger partial charge is 0.259 e. The van der Waals surface area contributed by atoms with Gasteiger partial charge in [-0.25, -0.2) is 5.43 Å². The van der Waals surface area contributed by atoms with Gasteiger partial charge in [0.1, 0.15) is 0 Å². The van der Waals surface area contributed by atoms with Crippen LogP contribution >= 0.6 is 11.3 Å². The highest BCUT2D eigenvalue weighted by Crippen LogP contribution is 2.24. The molecule has 0 saturated heterocycles. The molecule has 1 saturated carbocycles. The lowest BCUT2D eigenvalue weighted by atomic mass is 9.99. The number of carbonyl (C=O) groups is 2. The molecule has 1 aliphatic carbocycles. The van der Waals surface area contributed by atoms with Gasteiger partial charge >= 0.3 is 0 Å². The molecule has 2 amide bonds. The lowest BCUT2D eigenvalue weighted by Gasteiger charge is -2.13. The van der Waals surface area contributed by atoms with Crippen LogP contribution < -0.4 is 10.7 Å². The second-order valence-corrected chi connectivity index (χ2v) is 7.30. The van der Waals surface area contributed by atoms with Crippen molar-refractivity contribution in [3.05, 3.63) is 35.2 Å². The summed E-state index contributed by atoms with van der Waals surface area (Å²) in [6, 6.07) is 8.06. The molecule has 2 aromatic rings. The fourth-order valence-corrected chi connectivity index (χ4v) is 4.08. The number of hydrogen-bond donors (Lipinski definition) is 2. The zero-order valence-corrected chi connectivity index (χ0v) is 15.0. The van der Waals surface area contributed by atoms with Crippen LogP contribution in [0.5, 0.6) is 0 Å². The van der Waals surface area contributed by atoms with E-state index in [-0.39, 0.29) is 24.3 Å². The summed E-state index contributed by atoms with van der Waals surface area (Å²) in [7, 11) is 0. The second kappa shape index (κ2) is 8.76. The molecule has 0 atom stereocenters. The monoisotopic (exact) mass is 357 g/mol. The van der Waals surface area contributed by atoms with Gasteiger partial charge < -0.3 is 5.32 Å². The first-order valence-electron chi connectivity index (χ1n) is 8.80. The van der Waals surface area contributed by atoms with Crippen molar-refractivity contribution < 1.29 is 9.59 Å². The predicted octanol–water partition coefficient (Wildman–Crippen LogP) is 3.44. The Labute approximate surface area is 151 Å². The second-order valence-electron chi connectivity index (χ2n) is 6.39. The molecule has 1 heterocycles. The standard InChI is InChI=1S/C19H23N3O2S/c23-18(12-20-19(24)14-7-3-1-2-4-8-14)22-21-11-15-13-25-17-10-6-5-9-16(15)17/h5-6,9-11,13-14H,1-4,7-8,12H2,(H,20,24)(H,22,23). The van der Waals surface area contributed by atoms with Crippen LogP contribution in [0.15, 0.2) is 34.7 Å². The number of rotatable bonds is 5. The van der Waals surface area contributed by atoms with Gasteiger partial charge in [-0.2, -0.15) is 5.10 Å². The molecule has 0 spiro atoms. The summed E-state index contributed by atoms with van der Waals surface area (Å²) in [5.74, 6) is -0.265. The minimum atomic E-state index is -0.308. The average Bonchev–Trinajstić information content (AvgIpc) is 2.85. The number of hydrazone groups is 1. The Balaban J connectivity index is 1.45. The largest absolute Gasteiger partial charge is 0.347 e. The SMILES string of the molecule is O=C(CNC(=O)C1CCCCCC1)NN=Cc1csc2ccccc12. The number of fused-ring (bicyclic) bond motifs is 1. The Morgan fingerprint density at radius 2 is 1.92 bits per heavy atom. The molecular formula is C19H23N3O2S. The molecule has 0 bridgehead atoms. The fourth-order valence-electron chi connectivity index (χ4n) is 3.16. The summed E-state index contributed by atoms with van der Waals surface area (Å²) < 4.78 is 1.19. The molecule has 1 fully saturated rings. The Bertz CT molecular complexity index is 761. The van der Waals surface area contributed by atoms with E-state index < -0.39 is 0 Å². The molecule has 0 aliphatic heterocycles. The van der Waals surface area contributed by atoms with Crippen LogP contribution in [-0.2, 0) is 9.59 Å². The average molecular weight is 357 g/mol. The summed E-state index contributed by atoms with van der Waals surface area (Å²) in [5, 5.41) is 9.86. The maximum Gasteiger partial charge on any atom is 0.259 e. The van der Waals surface area contributed by atoms with E-state index in [0.29, 0.717) is 0 Å². The highest BCUT2D eigenvalue weighted by atomic mass is 32.1. The fraction of sp³-hybridized carbons (Fsp3) is 0.421. The van der Waals surface area contributed by atoms with Crippen LogP contribution in [-0.4, -0.2) is 24.6 Å². The minimum Gasteiger partial charge on any atom is -0.347 e. The number of carbonyl (C=O) groups excluding carboxylic acids is 2. The Hall–Kier alpha value is -2.21. The Kier molecular flexibility index (Phi) is 6.17. The topological polar surface area (TPSA) is 70.6 Å². The Morgan fingerprint density at radius 1 is 1.16 bits per heavy atom. The third kappa shape index (κ3) is 4.89. The zero-order chi connectivity index (χ0) is 17.5. The highest BCUT2D eigenvalue weighted by Gasteiger charge is 2.20. The normalized spacial score (nSPS) is 16.0. The number of benzene rings is 1. The van der Waals surface area contributed by atoms with E-state index in [1.165, 1.54) is 17.5 Å². The summed E-state index contributed by atoms with van der Waals surface area (Å²) in [6.07, 6.45) is 8.11. The first-order chi connectivity index (χ1) is 12.2. The van der Waals surface area contributed by atoms with Gasteiger partial charge in [-0.15, -0.1) is 11.3 Å². The van der Waals surface area contributed by atoms with Gasteiger partial charge in [0.05, 0.1) is 12.8 Å². The van der Waals surface area contributed by atoms with Crippen LogP contribution in [0.2, 0.25) is 0 Å². The minimum absolute atomic E-state index is 0.00939. The first kappa shape index (κ1) is 17.6. The maximum absolute atomic E-state index is 12.1. The van der Waals surface area contributed by atoms with Crippen LogP contribution in [0.3, 0.4) is 0 Å². The lowest BCUT2D eigenvalue weighted by molar-refractivity contribution is -0.128. The van der Waals surface area contributed by atoms with E-state index in [1.807, 2.05) is 23.6 Å². The van der Waals surface area contributed by atoms with Crippen LogP contribution in [0, 0.1) is 5.92 Å². The van der Waals surface area contributed by atoms with Gasteiger partial charge in [-0.3, -0.25) is 9.59 Å². The van der Waals surface area contributed by atoms with E-state index in [0.717, 1.165) is 36.6 Å². The van der Waals surface area contributed by atoms with Crippen molar-refractivity contribution in [2.24, 2.45) is 11.0 Å². The van der Waals surface area contributed by atoms with Gasteiger partial charge in [-0.1, -0.05) is 43.9 Å². The summed E-state index contributed by atoms with van der Waals surface area (Å²) in [6.45, 7) is -0.0307. The van der Waals surface area contributed by atoms with Crippen LogP contribution in [0.25, 0.3) is 10.1 Å². The molecule has 1 aromatic heterocycles. The number of nitrogens with one attached hydrogen (secondary N) is 2. The van der Waals surface area contributed by atoms with Gasteiger partial charge in [0.2, 0.25) is 5.91 Å². The van der Waals surface area contributed by atoms with Gasteiger partial charge in [0.15, 0.2) is 0 Å². The zero-order valence-electron chi connectivity index (χ0n) is 14.2. The maximum atomic E-state index is 12.1. The quantitative estimate of drug-likeness (QED) is 0.489. The van der Waals surface area contributed by atoms with Gasteiger partial charge in [0.25, 0.3) is 5.91 Å². The highest BCUT2D eigenvalue weighted by molar-refractivity contribution is 7.17. The molecule has 2 N–H and O–H groups in total. The van der Waals surface area contributed by atoms with Gasteiger partial charge in [-0.05, 0) is 18.9 Å². The van der Waals surface area contributed by atoms with E-state index in [1.54, 1.807) is 17.6 Å². The van der Waals surface area contributed by atoms with E-state index in [9.17, 15) is 9.59 Å². The predicted molar refractivity (Wildman–Crippen MR) is 102 cm³/mol. The number of amides is 2. The molecule has 0 unspecified atom stereocenters. The summed E-state index contributed by atoms with van der Waals surface area (Å²) in [5.41, 5.74) is 3.45. The van der Waals surface area contributed by atoms with Crippen molar-refractivity contribution in [2.45, 2.75) is 38.5 Å². The molecule has 25 heavy (non-hydrogen) atoms. The molecule has 0 radical (unpaired) electrons. The molecule has 1 aromatic carbocycles. The number of thiophene rings is 1. The molecule has 1 aliphatic rings. The lowest BCUT2D eigenvalue weighted by Crippen LogP contribution is -2.38. The molecular weight excluding hydrogens is 334 g/mol. The van der Waals surface area contributed by atoms with Crippen molar-refractivity contribution >= 4 is 39.5 Å². The molecule has 6 heteroatoms. The molecule has 5 nitrogen and oxygen atoms in total. The molecule has 3 rings (SSSR count). The van der Waals surface area contributed by atoms with Crippen molar-refractivity contribution in [3.63, 3.8) is 0 Å². The van der Waals surface area contributed by atoms with Crippen molar-refractivity contribution in [3.8, 4) is 0 Å². The third-order valence-electron chi connectivity index (χ3n) is 4.55. The third-order valence-corrected chi connectivity index (χ3v) is 5.53. The van der Waals surface area contributed by atoms with E-state index in [4.69, 9.17) is 0 Å². The number of nitrogens with zero attached hydrogens (tertiary/aromatic N) is 1. The van der Waals surface area contributed by atoms with Crippen molar-refractivity contribution in [2.75, 3.05) is 6.54 Å². The van der Waals surface area contributed by atoms with Crippen molar-refractivity contribution in [1.29, 1.82) is 0 Å². The number of hydrogen-bond acceptors (Lipinski definition) is 4. The Morgan fingerprint density at radius 3 is 2.72 bits per heavy atom.